The van der Waals surface area contributed by atoms with Crippen LogP contribution in [0.1, 0.15) is 21.8 Å². The van der Waals surface area contributed by atoms with Crippen LogP contribution < -0.4 is 4.90 Å². The van der Waals surface area contributed by atoms with Gasteiger partial charge in [-0.15, -0.1) is 0 Å². The number of rotatable bonds is 4. The van der Waals surface area contributed by atoms with Crippen LogP contribution in [0.4, 0.5) is 5.69 Å². The Morgan fingerprint density at radius 1 is 0.952 bits per heavy atom. The third-order valence-corrected chi connectivity index (χ3v) is 4.52. The first-order valence-corrected chi connectivity index (χ1v) is 7.90. The Morgan fingerprint density at radius 3 is 2.33 bits per heavy atom. The van der Waals surface area contributed by atoms with Gasteiger partial charge in [0.15, 0.2) is 0 Å². The largest absolute Gasteiger partial charge is 0.304 e. The smallest absolute Gasteiger partial charge is 0.299 e. The summed E-state index contributed by atoms with van der Waals surface area (Å²) >= 11 is 3.51. The molecule has 3 rings (SSSR count). The number of nitrogens with zero attached hydrogens (tertiary/aromatic N) is 1. The van der Waals surface area contributed by atoms with E-state index >= 15 is 0 Å². The Bertz CT molecular complexity index is 684. The van der Waals surface area contributed by atoms with Gasteiger partial charge in [-0.25, -0.2) is 0 Å². The van der Waals surface area contributed by atoms with Gasteiger partial charge in [0.05, 0.1) is 11.3 Å². The summed E-state index contributed by atoms with van der Waals surface area (Å²) in [5, 5.41) is 0.733. The molecule has 0 bridgehead atoms. The van der Waals surface area contributed by atoms with Crippen LogP contribution >= 0.6 is 15.9 Å². The van der Waals surface area contributed by atoms with Crippen LogP contribution in [0.3, 0.4) is 0 Å². The van der Waals surface area contributed by atoms with E-state index in [0.717, 1.165) is 16.6 Å². The SMILES string of the molecule is O=C1C(=O)N(CC(CBr)c2ccccc2)c2ccccc21. The molecule has 2 aromatic rings. The molecule has 106 valence electrons. The first-order valence-electron chi connectivity index (χ1n) is 6.78. The van der Waals surface area contributed by atoms with Gasteiger partial charge in [0.25, 0.3) is 11.7 Å². The van der Waals surface area contributed by atoms with E-state index in [-0.39, 0.29) is 5.92 Å². The Balaban J connectivity index is 1.91. The fourth-order valence-electron chi connectivity index (χ4n) is 2.62. The van der Waals surface area contributed by atoms with E-state index in [2.05, 4.69) is 15.9 Å². The number of benzene rings is 2. The number of carbonyl (C=O) groups excluding carboxylic acids is 2. The zero-order chi connectivity index (χ0) is 14.8. The highest BCUT2D eigenvalue weighted by Gasteiger charge is 2.36. The number of ketones is 1. The van der Waals surface area contributed by atoms with Crippen molar-refractivity contribution in [2.24, 2.45) is 0 Å². The summed E-state index contributed by atoms with van der Waals surface area (Å²) in [6.07, 6.45) is 0. The van der Waals surface area contributed by atoms with Crippen molar-refractivity contribution in [2.75, 3.05) is 16.8 Å². The molecule has 0 aromatic heterocycles. The monoisotopic (exact) mass is 343 g/mol. The molecule has 0 saturated heterocycles. The fraction of sp³-hybridized carbons (Fsp3) is 0.176. The average Bonchev–Trinajstić information content (AvgIpc) is 2.78. The van der Waals surface area contributed by atoms with Gasteiger partial charge in [-0.05, 0) is 17.7 Å². The van der Waals surface area contributed by atoms with Crippen molar-refractivity contribution >= 4 is 33.3 Å². The lowest BCUT2D eigenvalue weighted by atomic mass is 10.0. The van der Waals surface area contributed by atoms with Gasteiger partial charge in [0.1, 0.15) is 0 Å². The van der Waals surface area contributed by atoms with Crippen molar-refractivity contribution in [3.63, 3.8) is 0 Å². The maximum Gasteiger partial charge on any atom is 0.299 e. The van der Waals surface area contributed by atoms with Crippen LogP contribution in [0.25, 0.3) is 0 Å². The minimum Gasteiger partial charge on any atom is -0.304 e. The minimum atomic E-state index is -0.432. The van der Waals surface area contributed by atoms with Crippen molar-refractivity contribution < 1.29 is 9.59 Å². The lowest BCUT2D eigenvalue weighted by Crippen LogP contribution is -2.34. The van der Waals surface area contributed by atoms with Crippen molar-refractivity contribution in [2.45, 2.75) is 5.92 Å². The Kier molecular flexibility index (Phi) is 3.88. The number of hydrogen-bond acceptors (Lipinski definition) is 2. The molecule has 0 aliphatic carbocycles. The second kappa shape index (κ2) is 5.82. The first kappa shape index (κ1) is 14.0. The summed E-state index contributed by atoms with van der Waals surface area (Å²) in [5.74, 6) is -0.695. The van der Waals surface area contributed by atoms with Crippen molar-refractivity contribution in [1.82, 2.24) is 0 Å². The van der Waals surface area contributed by atoms with Crippen LogP contribution in [0.2, 0.25) is 0 Å². The van der Waals surface area contributed by atoms with Crippen LogP contribution in [0.15, 0.2) is 54.6 Å². The summed E-state index contributed by atoms with van der Waals surface area (Å²) in [6, 6.07) is 17.2. The molecule has 0 fully saturated rings. The molecule has 1 unspecified atom stereocenters. The number of alkyl halides is 1. The molecule has 1 heterocycles. The summed E-state index contributed by atoms with van der Waals surface area (Å²) in [6.45, 7) is 0.497. The number of fused-ring (bicyclic) bond motifs is 1. The maximum atomic E-state index is 12.2. The number of halogens is 1. The highest BCUT2D eigenvalue weighted by molar-refractivity contribution is 9.09. The molecule has 1 aliphatic rings. The molecule has 0 N–H and O–H groups in total. The number of para-hydroxylation sites is 1. The van der Waals surface area contributed by atoms with Gasteiger partial charge in [-0.2, -0.15) is 0 Å². The van der Waals surface area contributed by atoms with Crippen LogP contribution in [0, 0.1) is 0 Å². The number of anilines is 1. The predicted octanol–water partition coefficient (Wildman–Crippen LogP) is 3.39. The molecule has 0 spiro atoms. The van der Waals surface area contributed by atoms with E-state index < -0.39 is 11.7 Å². The van der Waals surface area contributed by atoms with E-state index in [1.54, 1.807) is 17.0 Å². The van der Waals surface area contributed by atoms with Gasteiger partial charge < -0.3 is 4.90 Å². The topological polar surface area (TPSA) is 37.4 Å². The summed E-state index contributed by atoms with van der Waals surface area (Å²) in [5.41, 5.74) is 2.37. The van der Waals surface area contributed by atoms with Crippen LogP contribution in [0.5, 0.6) is 0 Å². The molecule has 1 amide bonds. The average molecular weight is 344 g/mol. The molecule has 0 radical (unpaired) electrons. The Morgan fingerprint density at radius 2 is 1.62 bits per heavy atom. The van der Waals surface area contributed by atoms with Crippen molar-refractivity contribution in [1.29, 1.82) is 0 Å². The van der Waals surface area contributed by atoms with Gasteiger partial charge in [0, 0.05) is 17.8 Å². The van der Waals surface area contributed by atoms with E-state index in [1.165, 1.54) is 0 Å². The lowest BCUT2D eigenvalue weighted by Gasteiger charge is -2.23. The molecule has 4 heteroatoms. The predicted molar refractivity (Wildman–Crippen MR) is 86.1 cm³/mol. The molecule has 21 heavy (non-hydrogen) atoms. The molecule has 1 atom stereocenters. The highest BCUT2D eigenvalue weighted by atomic mass is 79.9. The van der Waals surface area contributed by atoms with Gasteiger partial charge >= 0.3 is 0 Å². The number of amides is 1. The summed E-state index contributed by atoms with van der Waals surface area (Å²) in [7, 11) is 0. The Hall–Kier alpha value is -1.94. The summed E-state index contributed by atoms with van der Waals surface area (Å²) in [4.78, 5) is 25.8. The minimum absolute atomic E-state index is 0.147. The molecule has 2 aromatic carbocycles. The van der Waals surface area contributed by atoms with Crippen molar-refractivity contribution in [3.8, 4) is 0 Å². The van der Waals surface area contributed by atoms with Crippen molar-refractivity contribution in [3.05, 3.63) is 65.7 Å². The molecular weight excluding hydrogens is 330 g/mol. The van der Waals surface area contributed by atoms with E-state index in [0.29, 0.717) is 12.1 Å². The first-order chi connectivity index (χ1) is 10.2. The third kappa shape index (κ3) is 2.51. The third-order valence-electron chi connectivity index (χ3n) is 3.74. The fourth-order valence-corrected chi connectivity index (χ4v) is 3.20. The highest BCUT2D eigenvalue weighted by Crippen LogP contribution is 2.31. The molecule has 1 aliphatic heterocycles. The van der Waals surface area contributed by atoms with Gasteiger partial charge in [-0.1, -0.05) is 58.4 Å². The lowest BCUT2D eigenvalue weighted by molar-refractivity contribution is -0.114. The molecule has 3 nitrogen and oxygen atoms in total. The number of Topliss-reactive ketones (excluding diaryl/α,β-unsaturated/α-hetero) is 1. The normalized spacial score (nSPS) is 15.2. The van der Waals surface area contributed by atoms with E-state index in [9.17, 15) is 9.59 Å². The number of carbonyl (C=O) groups is 2. The van der Waals surface area contributed by atoms with Gasteiger partial charge in [0.2, 0.25) is 0 Å². The maximum absolute atomic E-state index is 12.2. The quantitative estimate of drug-likeness (QED) is 0.630. The zero-order valence-electron chi connectivity index (χ0n) is 11.3. The second-order valence-electron chi connectivity index (χ2n) is 5.02. The second-order valence-corrected chi connectivity index (χ2v) is 5.67. The summed E-state index contributed by atoms with van der Waals surface area (Å²) < 4.78 is 0. The standard InChI is InChI=1S/C17H14BrNO2/c18-10-13(12-6-2-1-3-7-12)11-19-15-9-5-4-8-14(15)16(20)17(19)21/h1-9,13H,10-11H2. The van der Waals surface area contributed by atoms with E-state index in [4.69, 9.17) is 0 Å². The van der Waals surface area contributed by atoms with Crippen LogP contribution in [-0.4, -0.2) is 23.6 Å². The van der Waals surface area contributed by atoms with E-state index in [1.807, 2.05) is 42.5 Å². The molecule has 0 saturated carbocycles. The molecular formula is C17H14BrNO2. The van der Waals surface area contributed by atoms with Gasteiger partial charge in [-0.3, -0.25) is 9.59 Å². The van der Waals surface area contributed by atoms with Crippen LogP contribution in [-0.2, 0) is 4.79 Å². The zero-order valence-corrected chi connectivity index (χ0v) is 12.9. The number of hydrogen-bond donors (Lipinski definition) is 0. The Labute approximate surface area is 131 Å².